The normalized spacial score (nSPS) is 16.9. The van der Waals surface area contributed by atoms with E-state index in [1.807, 2.05) is 54.6 Å². The number of benzene rings is 2. The van der Waals surface area contributed by atoms with Crippen LogP contribution in [0.5, 0.6) is 5.75 Å². The van der Waals surface area contributed by atoms with E-state index in [2.05, 4.69) is 0 Å². The Bertz CT molecular complexity index is 727. The number of ether oxygens (including phenoxy) is 1. The summed E-state index contributed by atoms with van der Waals surface area (Å²) in [5.74, 6) is -0.733. The molecule has 0 saturated carbocycles. The summed E-state index contributed by atoms with van der Waals surface area (Å²) in [5.41, 5.74) is 2.21. The van der Waals surface area contributed by atoms with Crippen molar-refractivity contribution in [2.45, 2.75) is 19.4 Å². The zero-order valence-corrected chi connectivity index (χ0v) is 13.9. The summed E-state index contributed by atoms with van der Waals surface area (Å²) in [4.78, 5) is 24.4. The Kier molecular flexibility index (Phi) is 5.33. The van der Waals surface area contributed by atoms with E-state index in [1.165, 1.54) is 0 Å². The third-order valence-electron chi connectivity index (χ3n) is 4.41. The average molecular weight is 339 g/mol. The van der Waals surface area contributed by atoms with Gasteiger partial charge in [0.25, 0.3) is 0 Å². The van der Waals surface area contributed by atoms with E-state index in [0.717, 1.165) is 16.9 Å². The number of carbonyl (C=O) groups is 2. The Balaban J connectivity index is 1.48. The topological polar surface area (TPSA) is 66.8 Å². The molecule has 1 aliphatic heterocycles. The van der Waals surface area contributed by atoms with Gasteiger partial charge in [0.15, 0.2) is 0 Å². The maximum Gasteiger partial charge on any atom is 0.308 e. The molecule has 1 saturated heterocycles. The summed E-state index contributed by atoms with van der Waals surface area (Å²) in [5, 5.41) is 9.00. The van der Waals surface area contributed by atoms with Crippen LogP contribution >= 0.6 is 0 Å². The Hall–Kier alpha value is -2.82. The third kappa shape index (κ3) is 4.59. The molecule has 3 rings (SSSR count). The van der Waals surface area contributed by atoms with E-state index >= 15 is 0 Å². The summed E-state index contributed by atoms with van der Waals surface area (Å²) < 4.78 is 5.75. The molecule has 1 fully saturated rings. The molecule has 0 aromatic heterocycles. The number of hydrogen-bond donors (Lipinski definition) is 1. The maximum absolute atomic E-state index is 11.8. The predicted octanol–water partition coefficient (Wildman–Crippen LogP) is 2.74. The van der Waals surface area contributed by atoms with Crippen LogP contribution in [0.4, 0.5) is 0 Å². The van der Waals surface area contributed by atoms with E-state index in [0.29, 0.717) is 26.1 Å². The van der Waals surface area contributed by atoms with Crippen molar-refractivity contribution in [2.24, 2.45) is 5.92 Å². The summed E-state index contributed by atoms with van der Waals surface area (Å²) in [6.07, 6.45) is 0.818. The molecule has 1 amide bonds. The van der Waals surface area contributed by atoms with Gasteiger partial charge in [-0.25, -0.2) is 0 Å². The van der Waals surface area contributed by atoms with Gasteiger partial charge in [0, 0.05) is 19.5 Å². The van der Waals surface area contributed by atoms with Gasteiger partial charge in [-0.2, -0.15) is 0 Å². The van der Waals surface area contributed by atoms with Crippen LogP contribution in [0.15, 0.2) is 54.6 Å². The molecule has 1 aliphatic rings. The highest BCUT2D eigenvalue weighted by Gasteiger charge is 2.33. The number of rotatable bonds is 7. The van der Waals surface area contributed by atoms with Crippen molar-refractivity contribution in [3.63, 3.8) is 0 Å². The van der Waals surface area contributed by atoms with E-state index in [9.17, 15) is 9.59 Å². The molecular formula is C20H21NO4. The van der Waals surface area contributed by atoms with E-state index in [4.69, 9.17) is 9.84 Å². The number of amides is 1. The van der Waals surface area contributed by atoms with Gasteiger partial charge in [0.05, 0.1) is 5.92 Å². The van der Waals surface area contributed by atoms with Crippen LogP contribution in [0.3, 0.4) is 0 Å². The van der Waals surface area contributed by atoms with Gasteiger partial charge in [-0.15, -0.1) is 0 Å². The first kappa shape index (κ1) is 17.0. The molecule has 1 atom stereocenters. The fourth-order valence-corrected chi connectivity index (χ4v) is 2.91. The minimum atomic E-state index is -0.893. The highest BCUT2D eigenvalue weighted by atomic mass is 16.5. The fourth-order valence-electron chi connectivity index (χ4n) is 2.91. The summed E-state index contributed by atoms with van der Waals surface area (Å²) in [6, 6.07) is 17.8. The lowest BCUT2D eigenvalue weighted by Gasteiger charge is -2.16. The minimum absolute atomic E-state index is 0.0739. The largest absolute Gasteiger partial charge is 0.489 e. The molecule has 2 aromatic rings. The molecule has 1 unspecified atom stereocenters. The van der Waals surface area contributed by atoms with Gasteiger partial charge >= 0.3 is 5.97 Å². The van der Waals surface area contributed by atoms with Crippen molar-refractivity contribution >= 4 is 11.9 Å². The van der Waals surface area contributed by atoms with Crippen LogP contribution in [0, 0.1) is 5.92 Å². The van der Waals surface area contributed by atoms with E-state index < -0.39 is 11.9 Å². The molecule has 0 aliphatic carbocycles. The standard InChI is InChI=1S/C20H21NO4/c22-19-12-17(20(23)24)13-21(19)11-10-15-6-8-18(9-7-15)25-14-16-4-2-1-3-5-16/h1-9,17H,10-14H2,(H,23,24). The quantitative estimate of drug-likeness (QED) is 0.842. The lowest BCUT2D eigenvalue weighted by Crippen LogP contribution is -2.28. The first-order valence-corrected chi connectivity index (χ1v) is 8.38. The van der Waals surface area contributed by atoms with Crippen molar-refractivity contribution in [1.82, 2.24) is 4.90 Å². The zero-order chi connectivity index (χ0) is 17.6. The number of hydrogen-bond acceptors (Lipinski definition) is 3. The minimum Gasteiger partial charge on any atom is -0.489 e. The second kappa shape index (κ2) is 7.83. The Morgan fingerprint density at radius 1 is 1.08 bits per heavy atom. The number of carboxylic acids is 1. The second-order valence-electron chi connectivity index (χ2n) is 6.25. The zero-order valence-electron chi connectivity index (χ0n) is 13.9. The van der Waals surface area contributed by atoms with Crippen LogP contribution in [0.1, 0.15) is 17.5 Å². The number of aliphatic carboxylic acids is 1. The Morgan fingerprint density at radius 2 is 1.80 bits per heavy atom. The van der Waals surface area contributed by atoms with E-state index in [-0.39, 0.29) is 12.3 Å². The highest BCUT2D eigenvalue weighted by Crippen LogP contribution is 2.19. The smallest absolute Gasteiger partial charge is 0.308 e. The molecule has 0 bridgehead atoms. The number of nitrogens with zero attached hydrogens (tertiary/aromatic N) is 1. The number of carbonyl (C=O) groups excluding carboxylic acids is 1. The van der Waals surface area contributed by atoms with E-state index in [1.54, 1.807) is 4.90 Å². The first-order chi connectivity index (χ1) is 12.1. The van der Waals surface area contributed by atoms with Crippen LogP contribution in [-0.2, 0) is 22.6 Å². The van der Waals surface area contributed by atoms with Crippen LogP contribution in [0.2, 0.25) is 0 Å². The summed E-state index contributed by atoms with van der Waals surface area (Å²) >= 11 is 0. The van der Waals surface area contributed by atoms with Crippen LogP contribution < -0.4 is 4.74 Å². The van der Waals surface area contributed by atoms with Gasteiger partial charge in [0.1, 0.15) is 12.4 Å². The molecule has 2 aromatic carbocycles. The Labute approximate surface area is 146 Å². The fraction of sp³-hybridized carbons (Fsp3) is 0.300. The predicted molar refractivity (Wildman–Crippen MR) is 93.2 cm³/mol. The number of carboxylic acid groups (broad SMARTS) is 1. The highest BCUT2D eigenvalue weighted by molar-refractivity contribution is 5.86. The van der Waals surface area contributed by atoms with Gasteiger partial charge in [-0.3, -0.25) is 9.59 Å². The van der Waals surface area contributed by atoms with Crippen LogP contribution in [-0.4, -0.2) is 35.0 Å². The van der Waals surface area contributed by atoms with Crippen molar-refractivity contribution in [2.75, 3.05) is 13.1 Å². The maximum atomic E-state index is 11.8. The molecule has 0 radical (unpaired) electrons. The molecule has 130 valence electrons. The summed E-state index contributed by atoms with van der Waals surface area (Å²) in [7, 11) is 0. The van der Waals surface area contributed by atoms with Crippen molar-refractivity contribution in [1.29, 1.82) is 0 Å². The third-order valence-corrected chi connectivity index (χ3v) is 4.41. The molecule has 5 nitrogen and oxygen atoms in total. The van der Waals surface area contributed by atoms with Crippen molar-refractivity contribution in [3.8, 4) is 5.75 Å². The van der Waals surface area contributed by atoms with Gasteiger partial charge in [0.2, 0.25) is 5.91 Å². The molecule has 25 heavy (non-hydrogen) atoms. The summed E-state index contributed by atoms with van der Waals surface area (Å²) in [6.45, 7) is 1.39. The molecule has 1 N–H and O–H groups in total. The van der Waals surface area contributed by atoms with Gasteiger partial charge < -0.3 is 14.7 Å². The monoisotopic (exact) mass is 339 g/mol. The molecule has 5 heteroatoms. The lowest BCUT2D eigenvalue weighted by atomic mass is 10.1. The van der Waals surface area contributed by atoms with Crippen molar-refractivity contribution in [3.05, 3.63) is 65.7 Å². The molecule has 0 spiro atoms. The van der Waals surface area contributed by atoms with Gasteiger partial charge in [-0.1, -0.05) is 42.5 Å². The average Bonchev–Trinajstić information content (AvgIpc) is 3.01. The SMILES string of the molecule is O=C(O)C1CC(=O)N(CCc2ccc(OCc3ccccc3)cc2)C1. The molecule has 1 heterocycles. The number of likely N-dealkylation sites (tertiary alicyclic amines) is 1. The second-order valence-corrected chi connectivity index (χ2v) is 6.25. The van der Waals surface area contributed by atoms with Gasteiger partial charge in [-0.05, 0) is 29.7 Å². The lowest BCUT2D eigenvalue weighted by molar-refractivity contribution is -0.141. The first-order valence-electron chi connectivity index (χ1n) is 8.38. The van der Waals surface area contributed by atoms with Crippen molar-refractivity contribution < 1.29 is 19.4 Å². The molecular weight excluding hydrogens is 318 g/mol. The Morgan fingerprint density at radius 3 is 2.44 bits per heavy atom. The van der Waals surface area contributed by atoms with Crippen LogP contribution in [0.25, 0.3) is 0 Å².